The molecule has 2 amide bonds. The summed E-state index contributed by atoms with van der Waals surface area (Å²) in [5.74, 6) is -0.252. The number of carbonyl (C=O) groups is 3. The number of likely N-dealkylation sites (N-methyl/N-ethyl adjacent to an activating group) is 1. The van der Waals surface area contributed by atoms with Crippen LogP contribution in [0.25, 0.3) is 6.08 Å². The van der Waals surface area contributed by atoms with Crippen LogP contribution in [0.2, 0.25) is 0 Å². The average Bonchev–Trinajstić information content (AvgIpc) is 3.44. The molecule has 0 fully saturated rings. The molecule has 9 nitrogen and oxygen atoms in total. The Bertz CT molecular complexity index is 1260. The molecule has 0 saturated carbocycles. The van der Waals surface area contributed by atoms with Crippen molar-refractivity contribution in [2.24, 2.45) is 18.0 Å². The van der Waals surface area contributed by atoms with Crippen LogP contribution in [0.5, 0.6) is 0 Å². The van der Waals surface area contributed by atoms with Crippen molar-refractivity contribution in [2.75, 3.05) is 24.2 Å². The van der Waals surface area contributed by atoms with Gasteiger partial charge in [-0.25, -0.2) is 9.79 Å². The van der Waals surface area contributed by atoms with Gasteiger partial charge in [-0.15, -0.1) is 11.3 Å². The van der Waals surface area contributed by atoms with Crippen molar-refractivity contribution in [1.82, 2.24) is 14.7 Å². The molecule has 1 aliphatic carbocycles. The summed E-state index contributed by atoms with van der Waals surface area (Å²) in [5.41, 5.74) is 3.44. The molecule has 0 radical (unpaired) electrons. The third-order valence-electron chi connectivity index (χ3n) is 6.15. The number of hydrogen-bond acceptors (Lipinski definition) is 8. The number of aliphatic imine (C=N–C) groups is 1. The van der Waals surface area contributed by atoms with Gasteiger partial charge in [0.05, 0.1) is 23.6 Å². The number of carbonyl (C=O) groups excluding carboxylic acids is 3. The van der Waals surface area contributed by atoms with E-state index in [1.54, 1.807) is 22.6 Å². The lowest BCUT2D eigenvalue weighted by molar-refractivity contribution is -0.122. The first-order chi connectivity index (χ1) is 17.2. The molecular weight excluding hydrogens is 498 g/mol. The third kappa shape index (κ3) is 5.41. The quantitative estimate of drug-likeness (QED) is 0.429. The average molecular weight is 530 g/mol. The van der Waals surface area contributed by atoms with E-state index in [4.69, 9.17) is 4.74 Å². The normalized spacial score (nSPS) is 18.4. The van der Waals surface area contributed by atoms with E-state index in [0.29, 0.717) is 33.9 Å². The lowest BCUT2D eigenvalue weighted by Gasteiger charge is -2.18. The van der Waals surface area contributed by atoms with Gasteiger partial charge in [-0.1, -0.05) is 18.7 Å². The van der Waals surface area contributed by atoms with E-state index in [-0.39, 0.29) is 24.2 Å². The molecule has 0 saturated heterocycles. The monoisotopic (exact) mass is 529 g/mol. The Morgan fingerprint density at radius 2 is 2.14 bits per heavy atom. The third-order valence-corrected chi connectivity index (χ3v) is 8.29. The summed E-state index contributed by atoms with van der Waals surface area (Å²) in [6.45, 7) is 8.44. The molecule has 11 heteroatoms. The highest BCUT2D eigenvalue weighted by atomic mass is 32.2. The second-order valence-corrected chi connectivity index (χ2v) is 11.0. The highest BCUT2D eigenvalue weighted by Gasteiger charge is 2.31. The minimum absolute atomic E-state index is 0.0586. The maximum Gasteiger partial charge on any atom is 0.341 e. The van der Waals surface area contributed by atoms with E-state index in [1.165, 1.54) is 23.1 Å². The Labute approximate surface area is 219 Å². The summed E-state index contributed by atoms with van der Waals surface area (Å²) in [7, 11) is 1.82. The maximum absolute atomic E-state index is 12.9. The summed E-state index contributed by atoms with van der Waals surface area (Å²) >= 11 is 2.66. The van der Waals surface area contributed by atoms with Crippen LogP contribution in [0.4, 0.5) is 5.00 Å². The van der Waals surface area contributed by atoms with Crippen LogP contribution in [0.3, 0.4) is 0 Å². The van der Waals surface area contributed by atoms with Gasteiger partial charge in [-0.2, -0.15) is 5.10 Å². The van der Waals surface area contributed by atoms with Crippen molar-refractivity contribution in [1.29, 1.82) is 0 Å². The van der Waals surface area contributed by atoms with E-state index < -0.39 is 5.97 Å². The molecular formula is C25H31N5O4S2. The van der Waals surface area contributed by atoms with Crippen molar-refractivity contribution >= 4 is 57.1 Å². The zero-order chi connectivity index (χ0) is 26.0. The van der Waals surface area contributed by atoms with Gasteiger partial charge in [0.15, 0.2) is 5.17 Å². The number of rotatable bonds is 7. The Balaban J connectivity index is 1.49. The lowest BCUT2D eigenvalue weighted by atomic mass is 9.88. The van der Waals surface area contributed by atoms with Gasteiger partial charge in [-0.05, 0) is 57.6 Å². The number of nitrogens with zero attached hydrogens (tertiary/aromatic N) is 4. The first kappa shape index (κ1) is 26.2. The van der Waals surface area contributed by atoms with Crippen LogP contribution < -0.4 is 5.32 Å². The van der Waals surface area contributed by atoms with Gasteiger partial charge in [0.1, 0.15) is 10.7 Å². The Hall–Kier alpha value is -2.92. The number of nitrogens with one attached hydrogen (secondary N) is 1. The molecule has 4 rings (SSSR count). The molecule has 36 heavy (non-hydrogen) atoms. The fraction of sp³-hybridized carbons (Fsp3) is 0.480. The molecule has 2 aromatic rings. The molecule has 1 unspecified atom stereocenters. The first-order valence-corrected chi connectivity index (χ1v) is 13.9. The largest absolute Gasteiger partial charge is 0.462 e. The number of amides is 2. The van der Waals surface area contributed by atoms with E-state index in [0.717, 1.165) is 41.0 Å². The highest BCUT2D eigenvalue weighted by Crippen LogP contribution is 2.40. The summed E-state index contributed by atoms with van der Waals surface area (Å²) in [4.78, 5) is 45.7. The van der Waals surface area contributed by atoms with Crippen LogP contribution in [-0.2, 0) is 34.2 Å². The predicted octanol–water partition coefficient (Wildman–Crippen LogP) is 4.02. The molecule has 0 spiro atoms. The zero-order valence-electron chi connectivity index (χ0n) is 21.2. The van der Waals surface area contributed by atoms with Crippen LogP contribution in [0, 0.1) is 12.8 Å². The molecule has 1 atom stereocenters. The molecule has 2 aromatic heterocycles. The van der Waals surface area contributed by atoms with Crippen molar-refractivity contribution in [3.05, 3.63) is 39.2 Å². The van der Waals surface area contributed by atoms with Gasteiger partial charge < -0.3 is 10.1 Å². The van der Waals surface area contributed by atoms with Gasteiger partial charge in [0.2, 0.25) is 5.91 Å². The second-order valence-electron chi connectivity index (χ2n) is 8.93. The standard InChI is InChI=1S/C25H31N5O4S2/c1-6-30-23(32)18(11-16-12-29(5)28-15(16)4)26-25(30)35-13-20(31)27-22-21(24(33)34-7-2)17-9-8-14(3)10-19(17)36-22/h11-12,14H,6-10,13H2,1-5H3,(H,27,31). The zero-order valence-corrected chi connectivity index (χ0v) is 22.8. The minimum Gasteiger partial charge on any atom is -0.462 e. The fourth-order valence-corrected chi connectivity index (χ4v) is 6.66. The van der Waals surface area contributed by atoms with Crippen LogP contribution >= 0.6 is 23.1 Å². The number of thioether (sulfide) groups is 1. The Morgan fingerprint density at radius 1 is 1.36 bits per heavy atom. The number of amidine groups is 1. The molecule has 2 aliphatic rings. The summed E-state index contributed by atoms with van der Waals surface area (Å²) in [6.07, 6.45) is 6.27. The number of esters is 1. The fourth-order valence-electron chi connectivity index (χ4n) is 4.38. The molecule has 1 aliphatic heterocycles. The van der Waals surface area contributed by atoms with Gasteiger partial charge in [0.25, 0.3) is 5.91 Å². The minimum atomic E-state index is -0.393. The molecule has 1 N–H and O–H groups in total. The number of thiophene rings is 1. The maximum atomic E-state index is 12.9. The molecule has 0 aromatic carbocycles. The van der Waals surface area contributed by atoms with E-state index in [1.807, 2.05) is 27.1 Å². The predicted molar refractivity (Wildman–Crippen MR) is 143 cm³/mol. The summed E-state index contributed by atoms with van der Waals surface area (Å²) in [6, 6.07) is 0. The SMILES string of the molecule is CCOC(=O)c1c(NC(=O)CSC2=NC(=Cc3cn(C)nc3C)C(=O)N2CC)sc2c1CCC(C)C2. The van der Waals surface area contributed by atoms with Gasteiger partial charge >= 0.3 is 5.97 Å². The van der Waals surface area contributed by atoms with Crippen molar-refractivity contribution in [2.45, 2.75) is 47.0 Å². The number of hydrogen-bond donors (Lipinski definition) is 1. The van der Waals surface area contributed by atoms with E-state index in [2.05, 4.69) is 22.3 Å². The Morgan fingerprint density at radius 3 is 2.81 bits per heavy atom. The van der Waals surface area contributed by atoms with Gasteiger partial charge in [-0.3, -0.25) is 19.2 Å². The summed E-state index contributed by atoms with van der Waals surface area (Å²) < 4.78 is 6.98. The van der Waals surface area contributed by atoms with Crippen LogP contribution in [0.15, 0.2) is 16.9 Å². The first-order valence-electron chi connectivity index (χ1n) is 12.1. The number of aryl methyl sites for hydroxylation is 2. The van der Waals surface area contributed by atoms with Crippen LogP contribution in [-0.4, -0.2) is 56.5 Å². The lowest BCUT2D eigenvalue weighted by Crippen LogP contribution is -2.31. The van der Waals surface area contributed by atoms with Crippen molar-refractivity contribution in [3.8, 4) is 0 Å². The number of anilines is 1. The molecule has 0 bridgehead atoms. The smallest absolute Gasteiger partial charge is 0.341 e. The summed E-state index contributed by atoms with van der Waals surface area (Å²) in [5, 5.41) is 8.25. The number of aromatic nitrogens is 2. The van der Waals surface area contributed by atoms with E-state index >= 15 is 0 Å². The van der Waals surface area contributed by atoms with Gasteiger partial charge in [0, 0.05) is 30.2 Å². The van der Waals surface area contributed by atoms with Crippen molar-refractivity contribution < 1.29 is 19.1 Å². The van der Waals surface area contributed by atoms with Crippen LogP contribution in [0.1, 0.15) is 59.2 Å². The Kier molecular flexibility index (Phi) is 7.99. The number of ether oxygens (including phenoxy) is 1. The highest BCUT2D eigenvalue weighted by molar-refractivity contribution is 8.14. The van der Waals surface area contributed by atoms with Crippen molar-refractivity contribution in [3.63, 3.8) is 0 Å². The topological polar surface area (TPSA) is 106 Å². The molecule has 192 valence electrons. The number of fused-ring (bicyclic) bond motifs is 1. The second kappa shape index (κ2) is 11.0. The van der Waals surface area contributed by atoms with E-state index in [9.17, 15) is 14.4 Å². The molecule has 3 heterocycles.